The molecule has 2 atom stereocenters. The van der Waals surface area contributed by atoms with Gasteiger partial charge >= 0.3 is 0 Å². The lowest BCUT2D eigenvalue weighted by molar-refractivity contribution is -0.0553. The molecule has 1 N–H and O–H groups in total. The molecule has 1 saturated carbocycles. The molecular formula is C15H27NO. The zero-order valence-electron chi connectivity index (χ0n) is 11.0. The average molecular weight is 237 g/mol. The fraction of sp³-hybridized carbons (Fsp3) is 1.00. The monoisotopic (exact) mass is 237 g/mol. The second-order valence-electron chi connectivity index (χ2n) is 6.72. The van der Waals surface area contributed by atoms with Crippen LogP contribution in [0.1, 0.15) is 64.2 Å². The Morgan fingerprint density at radius 1 is 1.00 bits per heavy atom. The minimum Gasteiger partial charge on any atom is -0.390 e. The molecule has 2 nitrogen and oxygen atoms in total. The maximum Gasteiger partial charge on any atom is 0.0677 e. The predicted molar refractivity (Wildman–Crippen MR) is 70.0 cm³/mol. The van der Waals surface area contributed by atoms with E-state index in [0.717, 1.165) is 31.7 Å². The first kappa shape index (κ1) is 12.0. The summed E-state index contributed by atoms with van der Waals surface area (Å²) in [6.07, 6.45) is 12.8. The summed E-state index contributed by atoms with van der Waals surface area (Å²) in [5.74, 6) is 0.821. The van der Waals surface area contributed by atoms with Crippen LogP contribution >= 0.6 is 0 Å². The van der Waals surface area contributed by atoms with Crippen molar-refractivity contribution in [2.75, 3.05) is 13.1 Å². The van der Waals surface area contributed by atoms with Gasteiger partial charge in [-0.3, -0.25) is 0 Å². The van der Waals surface area contributed by atoms with E-state index in [0.29, 0.717) is 6.04 Å². The molecule has 2 heterocycles. The molecule has 0 aromatic carbocycles. The average Bonchev–Trinajstić information content (AvgIpc) is 2.76. The van der Waals surface area contributed by atoms with Crippen molar-refractivity contribution in [3.63, 3.8) is 0 Å². The van der Waals surface area contributed by atoms with Gasteiger partial charge in [-0.2, -0.15) is 0 Å². The van der Waals surface area contributed by atoms with Gasteiger partial charge in [-0.15, -0.1) is 0 Å². The first-order chi connectivity index (χ1) is 8.25. The van der Waals surface area contributed by atoms with E-state index in [9.17, 15) is 5.11 Å². The SMILES string of the molecule is OC1(CC2CCCCC2)CCN2CCCC2C1. The largest absolute Gasteiger partial charge is 0.390 e. The Hall–Kier alpha value is -0.0800. The minimum absolute atomic E-state index is 0.312. The molecule has 0 bridgehead atoms. The van der Waals surface area contributed by atoms with E-state index in [1.54, 1.807) is 0 Å². The van der Waals surface area contributed by atoms with Gasteiger partial charge in [0.1, 0.15) is 0 Å². The number of piperidine rings is 1. The number of rotatable bonds is 2. The summed E-state index contributed by atoms with van der Waals surface area (Å²) in [7, 11) is 0. The summed E-state index contributed by atoms with van der Waals surface area (Å²) in [6, 6.07) is 0.706. The van der Waals surface area contributed by atoms with Gasteiger partial charge < -0.3 is 10.0 Å². The van der Waals surface area contributed by atoms with Crippen LogP contribution in [0.15, 0.2) is 0 Å². The van der Waals surface area contributed by atoms with Crippen LogP contribution in [0, 0.1) is 5.92 Å². The molecule has 0 radical (unpaired) electrons. The van der Waals surface area contributed by atoms with Crippen molar-refractivity contribution in [3.8, 4) is 0 Å². The highest BCUT2D eigenvalue weighted by molar-refractivity contribution is 4.95. The zero-order chi connectivity index (χ0) is 11.7. The molecule has 2 heteroatoms. The first-order valence-electron chi connectivity index (χ1n) is 7.72. The first-order valence-corrected chi connectivity index (χ1v) is 7.72. The van der Waals surface area contributed by atoms with Gasteiger partial charge in [-0.25, -0.2) is 0 Å². The molecule has 2 saturated heterocycles. The smallest absolute Gasteiger partial charge is 0.0677 e. The maximum absolute atomic E-state index is 10.8. The lowest BCUT2D eigenvalue weighted by Crippen LogP contribution is -2.48. The van der Waals surface area contributed by atoms with Crippen LogP contribution < -0.4 is 0 Å². The molecule has 0 aromatic heterocycles. The quantitative estimate of drug-likeness (QED) is 0.798. The number of fused-ring (bicyclic) bond motifs is 1. The molecule has 3 rings (SSSR count). The van der Waals surface area contributed by atoms with Gasteiger partial charge in [0.15, 0.2) is 0 Å². The van der Waals surface area contributed by atoms with E-state index in [4.69, 9.17) is 0 Å². The van der Waals surface area contributed by atoms with E-state index in [1.165, 1.54) is 51.5 Å². The molecule has 3 aliphatic rings. The van der Waals surface area contributed by atoms with E-state index < -0.39 is 0 Å². The Balaban J connectivity index is 1.57. The zero-order valence-corrected chi connectivity index (χ0v) is 11.0. The van der Waals surface area contributed by atoms with Crippen molar-refractivity contribution in [1.29, 1.82) is 0 Å². The fourth-order valence-corrected chi connectivity index (χ4v) is 4.43. The topological polar surface area (TPSA) is 23.5 Å². The second-order valence-corrected chi connectivity index (χ2v) is 6.72. The number of aliphatic hydroxyl groups is 1. The third kappa shape index (κ3) is 2.68. The Labute approximate surface area is 105 Å². The van der Waals surface area contributed by atoms with E-state index >= 15 is 0 Å². The highest BCUT2D eigenvalue weighted by Gasteiger charge is 2.41. The maximum atomic E-state index is 10.8. The van der Waals surface area contributed by atoms with E-state index in [2.05, 4.69) is 4.90 Å². The second kappa shape index (κ2) is 4.89. The van der Waals surface area contributed by atoms with Gasteiger partial charge in [0.2, 0.25) is 0 Å². The van der Waals surface area contributed by atoms with Crippen LogP contribution in [0.3, 0.4) is 0 Å². The molecule has 17 heavy (non-hydrogen) atoms. The van der Waals surface area contributed by atoms with Crippen molar-refractivity contribution >= 4 is 0 Å². The van der Waals surface area contributed by atoms with Crippen molar-refractivity contribution in [2.24, 2.45) is 5.92 Å². The molecule has 0 aromatic rings. The minimum atomic E-state index is -0.312. The molecule has 0 amide bonds. The molecular weight excluding hydrogens is 210 g/mol. The summed E-state index contributed by atoms with van der Waals surface area (Å²) in [6.45, 7) is 2.43. The van der Waals surface area contributed by atoms with Crippen LogP contribution in [0.25, 0.3) is 0 Å². The lowest BCUT2D eigenvalue weighted by Gasteiger charge is -2.43. The van der Waals surface area contributed by atoms with Crippen molar-refractivity contribution in [3.05, 3.63) is 0 Å². The van der Waals surface area contributed by atoms with Crippen LogP contribution in [-0.2, 0) is 0 Å². The summed E-state index contributed by atoms with van der Waals surface area (Å²) in [5.41, 5.74) is -0.312. The molecule has 2 unspecified atom stereocenters. The summed E-state index contributed by atoms with van der Waals surface area (Å²) < 4.78 is 0. The van der Waals surface area contributed by atoms with E-state index in [1.807, 2.05) is 0 Å². The van der Waals surface area contributed by atoms with Crippen LogP contribution in [-0.4, -0.2) is 34.7 Å². The summed E-state index contributed by atoms with van der Waals surface area (Å²) in [5, 5.41) is 10.8. The van der Waals surface area contributed by atoms with Crippen LogP contribution in [0.5, 0.6) is 0 Å². The molecule has 98 valence electrons. The predicted octanol–water partition coefficient (Wildman–Crippen LogP) is 2.95. The summed E-state index contributed by atoms with van der Waals surface area (Å²) in [4.78, 5) is 2.61. The highest BCUT2D eigenvalue weighted by Crippen LogP contribution is 2.39. The third-order valence-electron chi connectivity index (χ3n) is 5.37. The molecule has 1 aliphatic carbocycles. The van der Waals surface area contributed by atoms with Gasteiger partial charge in [-0.1, -0.05) is 32.1 Å². The van der Waals surface area contributed by atoms with Crippen LogP contribution in [0.2, 0.25) is 0 Å². The Bertz CT molecular complexity index is 262. The lowest BCUT2D eigenvalue weighted by atomic mass is 9.75. The number of hydrogen-bond donors (Lipinski definition) is 1. The van der Waals surface area contributed by atoms with Gasteiger partial charge in [0.05, 0.1) is 5.60 Å². The number of hydrogen-bond acceptors (Lipinski definition) is 2. The third-order valence-corrected chi connectivity index (χ3v) is 5.37. The van der Waals surface area contributed by atoms with Gasteiger partial charge in [-0.05, 0) is 44.6 Å². The Kier molecular flexibility index (Phi) is 3.45. The Morgan fingerprint density at radius 2 is 1.82 bits per heavy atom. The molecule has 3 fully saturated rings. The van der Waals surface area contributed by atoms with Crippen LogP contribution in [0.4, 0.5) is 0 Å². The standard InChI is InChI=1S/C15H27NO/c17-15(11-13-5-2-1-3-6-13)8-10-16-9-4-7-14(16)12-15/h13-14,17H,1-12H2. The Morgan fingerprint density at radius 3 is 2.65 bits per heavy atom. The van der Waals surface area contributed by atoms with Gasteiger partial charge in [0.25, 0.3) is 0 Å². The fourth-order valence-electron chi connectivity index (χ4n) is 4.43. The van der Waals surface area contributed by atoms with Crippen molar-refractivity contribution < 1.29 is 5.11 Å². The van der Waals surface area contributed by atoms with Crippen molar-refractivity contribution in [2.45, 2.75) is 75.9 Å². The normalized spacial score (nSPS) is 40.4. The highest BCUT2D eigenvalue weighted by atomic mass is 16.3. The molecule has 0 spiro atoms. The van der Waals surface area contributed by atoms with E-state index in [-0.39, 0.29) is 5.60 Å². The number of nitrogens with zero attached hydrogens (tertiary/aromatic N) is 1. The van der Waals surface area contributed by atoms with Crippen molar-refractivity contribution in [1.82, 2.24) is 4.90 Å². The molecule has 2 aliphatic heterocycles. The van der Waals surface area contributed by atoms with Gasteiger partial charge in [0, 0.05) is 12.6 Å². The summed E-state index contributed by atoms with van der Waals surface area (Å²) >= 11 is 0.